The molecule has 1 amide bonds. The van der Waals surface area contributed by atoms with Crippen molar-refractivity contribution in [1.29, 1.82) is 0 Å². The first-order chi connectivity index (χ1) is 14.1. The van der Waals surface area contributed by atoms with Crippen molar-refractivity contribution in [3.63, 3.8) is 0 Å². The number of amides is 1. The lowest BCUT2D eigenvalue weighted by Gasteiger charge is -2.14. The first-order valence-electron chi connectivity index (χ1n) is 9.62. The monoisotopic (exact) mass is 426 g/mol. The van der Waals surface area contributed by atoms with E-state index in [1.807, 2.05) is 43.5 Å². The van der Waals surface area contributed by atoms with Gasteiger partial charge >= 0.3 is 0 Å². The van der Waals surface area contributed by atoms with Gasteiger partial charge in [0.25, 0.3) is 5.91 Å². The Hall–Kier alpha value is -2.90. The summed E-state index contributed by atoms with van der Waals surface area (Å²) >= 11 is 0. The number of hydrogen-bond donors (Lipinski definition) is 2. The second-order valence-electron chi connectivity index (χ2n) is 7.45. The molecule has 1 aromatic heterocycles. The first-order valence-corrected chi connectivity index (χ1v) is 11.5. The van der Waals surface area contributed by atoms with Crippen molar-refractivity contribution in [3.05, 3.63) is 70.9 Å². The zero-order chi connectivity index (χ0) is 22.1. The van der Waals surface area contributed by atoms with E-state index in [9.17, 15) is 18.3 Å². The van der Waals surface area contributed by atoms with Crippen LogP contribution in [0, 0.1) is 20.8 Å². The highest BCUT2D eigenvalue weighted by Gasteiger charge is 2.21. The number of anilines is 1. The number of sulfone groups is 1. The molecule has 0 bridgehead atoms. The van der Waals surface area contributed by atoms with Gasteiger partial charge in [-0.15, -0.1) is 0 Å². The largest absolute Gasteiger partial charge is 0.395 e. The Morgan fingerprint density at radius 3 is 2.17 bits per heavy atom. The molecule has 2 aromatic carbocycles. The van der Waals surface area contributed by atoms with Crippen LogP contribution in [-0.2, 0) is 16.4 Å². The van der Waals surface area contributed by atoms with E-state index in [2.05, 4.69) is 5.32 Å². The third-order valence-corrected chi connectivity index (χ3v) is 6.30. The topological polar surface area (TPSA) is 88.4 Å². The summed E-state index contributed by atoms with van der Waals surface area (Å²) in [6.07, 6.45) is 2.90. The average molecular weight is 427 g/mol. The SMILES string of the molecule is Cc1cccc(C)c1-c1c(C)c(C(=O)Nc2ccc(S(C)(=O)=O)cc2)cn1CCO. The second-order valence-corrected chi connectivity index (χ2v) is 9.47. The number of carbonyl (C=O) groups is 1. The van der Waals surface area contributed by atoms with Crippen LogP contribution in [-0.4, -0.2) is 36.9 Å². The molecule has 0 aliphatic carbocycles. The van der Waals surface area contributed by atoms with Gasteiger partial charge in [0, 0.05) is 30.2 Å². The lowest BCUT2D eigenvalue weighted by molar-refractivity contribution is 0.102. The van der Waals surface area contributed by atoms with Gasteiger partial charge in [0.1, 0.15) is 0 Å². The molecule has 3 rings (SSSR count). The molecular formula is C23H26N2O4S. The van der Waals surface area contributed by atoms with Crippen molar-refractivity contribution in [1.82, 2.24) is 4.57 Å². The van der Waals surface area contributed by atoms with Crippen LogP contribution in [0.4, 0.5) is 5.69 Å². The van der Waals surface area contributed by atoms with Crippen LogP contribution >= 0.6 is 0 Å². The molecule has 0 aliphatic rings. The number of aliphatic hydroxyl groups excluding tert-OH is 1. The highest BCUT2D eigenvalue weighted by Crippen LogP contribution is 2.33. The van der Waals surface area contributed by atoms with E-state index >= 15 is 0 Å². The predicted octanol–water partition coefficient (Wildman–Crippen LogP) is 3.73. The van der Waals surface area contributed by atoms with Gasteiger partial charge in [-0.3, -0.25) is 4.79 Å². The Morgan fingerprint density at radius 1 is 1.03 bits per heavy atom. The standard InChI is InChI=1S/C23H26N2O4S/c1-15-6-5-7-16(2)21(15)22-17(3)20(14-25(22)12-13-26)23(27)24-18-8-10-19(11-9-18)30(4,28)29/h5-11,14,26H,12-13H2,1-4H3,(H,24,27). The Bertz CT molecular complexity index is 1170. The van der Waals surface area contributed by atoms with E-state index in [4.69, 9.17) is 0 Å². The third-order valence-electron chi connectivity index (χ3n) is 5.18. The minimum atomic E-state index is -3.29. The fourth-order valence-corrected chi connectivity index (χ4v) is 4.31. The van der Waals surface area contributed by atoms with Gasteiger partial charge in [-0.2, -0.15) is 0 Å². The van der Waals surface area contributed by atoms with Crippen molar-refractivity contribution in [3.8, 4) is 11.3 Å². The maximum absolute atomic E-state index is 13.0. The zero-order valence-corrected chi connectivity index (χ0v) is 18.4. The van der Waals surface area contributed by atoms with Crippen LogP contribution in [0.3, 0.4) is 0 Å². The quantitative estimate of drug-likeness (QED) is 0.629. The Labute approximate surface area is 177 Å². The van der Waals surface area contributed by atoms with Crippen molar-refractivity contribution in [2.24, 2.45) is 0 Å². The van der Waals surface area contributed by atoms with E-state index in [0.717, 1.165) is 34.2 Å². The van der Waals surface area contributed by atoms with Crippen molar-refractivity contribution in [2.45, 2.75) is 32.2 Å². The summed E-state index contributed by atoms with van der Waals surface area (Å²) in [7, 11) is -3.29. The number of nitrogens with one attached hydrogen (secondary N) is 1. The number of rotatable bonds is 6. The van der Waals surface area contributed by atoms with Crippen LogP contribution in [0.5, 0.6) is 0 Å². The number of aliphatic hydroxyl groups is 1. The molecular weight excluding hydrogens is 400 g/mol. The van der Waals surface area contributed by atoms with Crippen molar-refractivity contribution >= 4 is 21.4 Å². The van der Waals surface area contributed by atoms with Gasteiger partial charge in [-0.25, -0.2) is 8.42 Å². The van der Waals surface area contributed by atoms with Gasteiger partial charge in [0.15, 0.2) is 9.84 Å². The van der Waals surface area contributed by atoms with E-state index in [-0.39, 0.29) is 17.4 Å². The summed E-state index contributed by atoms with van der Waals surface area (Å²) in [6, 6.07) is 12.1. The van der Waals surface area contributed by atoms with Gasteiger partial charge in [0.2, 0.25) is 0 Å². The molecule has 0 saturated heterocycles. The Balaban J connectivity index is 1.99. The second kappa shape index (κ2) is 8.45. The van der Waals surface area contributed by atoms with Gasteiger partial charge in [-0.05, 0) is 61.7 Å². The van der Waals surface area contributed by atoms with Crippen LogP contribution in [0.2, 0.25) is 0 Å². The smallest absolute Gasteiger partial charge is 0.257 e. The predicted molar refractivity (Wildman–Crippen MR) is 119 cm³/mol. The van der Waals surface area contributed by atoms with Gasteiger partial charge < -0.3 is 15.0 Å². The summed E-state index contributed by atoms with van der Waals surface area (Å²) in [4.78, 5) is 13.2. The summed E-state index contributed by atoms with van der Waals surface area (Å²) in [6.45, 7) is 6.29. The lowest BCUT2D eigenvalue weighted by atomic mass is 9.96. The average Bonchev–Trinajstić information content (AvgIpc) is 2.98. The molecule has 30 heavy (non-hydrogen) atoms. The molecule has 3 aromatic rings. The lowest BCUT2D eigenvalue weighted by Crippen LogP contribution is -2.12. The fraction of sp³-hybridized carbons (Fsp3) is 0.261. The van der Waals surface area contributed by atoms with Crippen molar-refractivity contribution < 1.29 is 18.3 Å². The van der Waals surface area contributed by atoms with Crippen LogP contribution in [0.15, 0.2) is 53.6 Å². The molecule has 0 unspecified atom stereocenters. The highest BCUT2D eigenvalue weighted by atomic mass is 32.2. The van der Waals surface area contributed by atoms with Crippen molar-refractivity contribution in [2.75, 3.05) is 18.2 Å². The summed E-state index contributed by atoms with van der Waals surface area (Å²) < 4.78 is 25.1. The number of hydrogen-bond acceptors (Lipinski definition) is 4. The fourth-order valence-electron chi connectivity index (χ4n) is 3.68. The minimum Gasteiger partial charge on any atom is -0.395 e. The van der Waals surface area contributed by atoms with Gasteiger partial charge in [0.05, 0.1) is 22.8 Å². The molecule has 0 saturated carbocycles. The summed E-state index contributed by atoms with van der Waals surface area (Å²) in [5, 5.41) is 12.4. The molecule has 0 aliphatic heterocycles. The maximum Gasteiger partial charge on any atom is 0.257 e. The van der Waals surface area contributed by atoms with Gasteiger partial charge in [-0.1, -0.05) is 18.2 Å². The zero-order valence-electron chi connectivity index (χ0n) is 17.6. The number of carbonyl (C=O) groups excluding carboxylic acids is 1. The van der Waals surface area contributed by atoms with E-state index in [0.29, 0.717) is 17.8 Å². The maximum atomic E-state index is 13.0. The van der Waals surface area contributed by atoms with Crippen LogP contribution in [0.25, 0.3) is 11.3 Å². The minimum absolute atomic E-state index is 0.0416. The first kappa shape index (κ1) is 21.8. The molecule has 7 heteroatoms. The van der Waals surface area contributed by atoms with E-state index in [1.54, 1.807) is 18.3 Å². The number of aryl methyl sites for hydroxylation is 2. The van der Waals surface area contributed by atoms with E-state index in [1.165, 1.54) is 12.1 Å². The third kappa shape index (κ3) is 4.32. The Kier molecular flexibility index (Phi) is 6.14. The number of aromatic nitrogens is 1. The molecule has 0 radical (unpaired) electrons. The van der Waals surface area contributed by atoms with E-state index < -0.39 is 9.84 Å². The number of benzene rings is 2. The molecule has 0 spiro atoms. The summed E-state index contributed by atoms with van der Waals surface area (Å²) in [5.41, 5.74) is 6.00. The summed E-state index contributed by atoms with van der Waals surface area (Å²) in [5.74, 6) is -0.288. The normalized spacial score (nSPS) is 11.5. The molecule has 0 fully saturated rings. The highest BCUT2D eigenvalue weighted by molar-refractivity contribution is 7.90. The number of nitrogens with zero attached hydrogens (tertiary/aromatic N) is 1. The van der Waals surface area contributed by atoms with Crippen LogP contribution < -0.4 is 5.32 Å². The Morgan fingerprint density at radius 2 is 1.63 bits per heavy atom. The molecule has 0 atom stereocenters. The molecule has 6 nitrogen and oxygen atoms in total. The molecule has 2 N–H and O–H groups in total. The molecule has 158 valence electrons. The molecule has 1 heterocycles. The van der Waals surface area contributed by atoms with Crippen LogP contribution in [0.1, 0.15) is 27.0 Å².